The quantitative estimate of drug-likeness (QED) is 0.757. The smallest absolute Gasteiger partial charge is 0.119 e. The third kappa shape index (κ3) is 3.24. The summed E-state index contributed by atoms with van der Waals surface area (Å²) in [5.74, 6) is 0.333. The summed E-state index contributed by atoms with van der Waals surface area (Å²) >= 11 is 0. The number of rotatable bonds is 3. The molecular formula is C15H26N2O. The van der Waals surface area contributed by atoms with Crippen LogP contribution in [0.15, 0.2) is 35.6 Å². The minimum atomic E-state index is -0.0655. The molecule has 0 aromatic heterocycles. The van der Waals surface area contributed by atoms with Gasteiger partial charge in [-0.2, -0.15) is 0 Å². The van der Waals surface area contributed by atoms with Crippen molar-refractivity contribution in [1.29, 1.82) is 0 Å². The highest BCUT2D eigenvalue weighted by Crippen LogP contribution is 2.42. The third-order valence-electron chi connectivity index (χ3n) is 3.92. The lowest BCUT2D eigenvalue weighted by atomic mass is 9.68. The molecule has 0 bridgehead atoms. The molecule has 1 rings (SSSR count). The molecule has 3 heteroatoms. The number of hydrogen-bond acceptors (Lipinski definition) is 3. The molecule has 0 saturated carbocycles. The lowest BCUT2D eigenvalue weighted by molar-refractivity contribution is 0.228. The predicted molar refractivity (Wildman–Crippen MR) is 77.2 cm³/mol. The lowest BCUT2D eigenvalue weighted by Gasteiger charge is -2.37. The van der Waals surface area contributed by atoms with E-state index >= 15 is 0 Å². The van der Waals surface area contributed by atoms with Gasteiger partial charge in [0.15, 0.2) is 0 Å². The highest BCUT2D eigenvalue weighted by atomic mass is 16.3. The summed E-state index contributed by atoms with van der Waals surface area (Å²) in [7, 11) is 1.94. The second kappa shape index (κ2) is 5.29. The average Bonchev–Trinajstić information content (AvgIpc) is 2.42. The Morgan fingerprint density at radius 2 is 1.83 bits per heavy atom. The Morgan fingerprint density at radius 1 is 1.28 bits per heavy atom. The summed E-state index contributed by atoms with van der Waals surface area (Å²) < 4.78 is 0. The van der Waals surface area contributed by atoms with Crippen LogP contribution < -0.4 is 5.73 Å². The number of aliphatic hydroxyl groups is 1. The van der Waals surface area contributed by atoms with Crippen molar-refractivity contribution in [1.82, 2.24) is 4.90 Å². The SMILES string of the molecule is CN(CN)CC1=C(O)C=CC(C)(C(C)(C)C)C=C1. The van der Waals surface area contributed by atoms with Crippen molar-refractivity contribution in [2.24, 2.45) is 16.6 Å². The molecule has 3 nitrogen and oxygen atoms in total. The molecule has 0 saturated heterocycles. The van der Waals surface area contributed by atoms with Gasteiger partial charge in [-0.05, 0) is 18.5 Å². The van der Waals surface area contributed by atoms with Gasteiger partial charge in [-0.3, -0.25) is 4.90 Å². The lowest BCUT2D eigenvalue weighted by Crippen LogP contribution is -2.29. The van der Waals surface area contributed by atoms with E-state index in [0.29, 0.717) is 19.0 Å². The molecule has 0 aromatic carbocycles. The molecule has 1 aliphatic rings. The molecule has 0 heterocycles. The first-order valence-corrected chi connectivity index (χ1v) is 6.39. The Hall–Kier alpha value is -1.06. The fourth-order valence-electron chi connectivity index (χ4n) is 1.76. The zero-order valence-corrected chi connectivity index (χ0v) is 12.2. The number of nitrogens with zero attached hydrogens (tertiary/aromatic N) is 1. The van der Waals surface area contributed by atoms with Crippen LogP contribution in [-0.2, 0) is 0 Å². The van der Waals surface area contributed by atoms with Crippen molar-refractivity contribution < 1.29 is 5.11 Å². The third-order valence-corrected chi connectivity index (χ3v) is 3.92. The van der Waals surface area contributed by atoms with Crippen LogP contribution in [0.5, 0.6) is 0 Å². The molecule has 0 aliphatic heterocycles. The summed E-state index contributed by atoms with van der Waals surface area (Å²) in [5.41, 5.74) is 6.53. The van der Waals surface area contributed by atoms with Gasteiger partial charge in [0.1, 0.15) is 5.76 Å². The van der Waals surface area contributed by atoms with Crippen molar-refractivity contribution in [3.05, 3.63) is 35.6 Å². The Balaban J connectivity index is 3.00. The predicted octanol–water partition coefficient (Wildman–Crippen LogP) is 2.82. The van der Waals surface area contributed by atoms with E-state index in [1.165, 1.54) is 0 Å². The Kier molecular flexibility index (Phi) is 4.41. The van der Waals surface area contributed by atoms with E-state index in [9.17, 15) is 5.11 Å². The summed E-state index contributed by atoms with van der Waals surface area (Å²) in [6.45, 7) is 9.93. The Bertz CT molecular complexity index is 388. The van der Waals surface area contributed by atoms with Gasteiger partial charge in [0.2, 0.25) is 0 Å². The van der Waals surface area contributed by atoms with Gasteiger partial charge in [-0.25, -0.2) is 0 Å². The number of aliphatic hydroxyl groups excluding tert-OH is 1. The highest BCUT2D eigenvalue weighted by molar-refractivity contribution is 5.36. The Labute approximate surface area is 111 Å². The maximum Gasteiger partial charge on any atom is 0.119 e. The van der Waals surface area contributed by atoms with Crippen molar-refractivity contribution in [3.63, 3.8) is 0 Å². The van der Waals surface area contributed by atoms with Gasteiger partial charge in [-0.15, -0.1) is 0 Å². The minimum absolute atomic E-state index is 0.0655. The van der Waals surface area contributed by atoms with E-state index in [2.05, 4.69) is 39.8 Å². The van der Waals surface area contributed by atoms with Crippen LogP contribution in [0.4, 0.5) is 0 Å². The molecule has 1 atom stereocenters. The molecule has 3 N–H and O–H groups in total. The van der Waals surface area contributed by atoms with Gasteiger partial charge in [-0.1, -0.05) is 45.9 Å². The molecule has 0 aromatic rings. The number of hydrogen-bond donors (Lipinski definition) is 2. The van der Waals surface area contributed by atoms with Crippen LogP contribution >= 0.6 is 0 Å². The molecule has 1 unspecified atom stereocenters. The fraction of sp³-hybridized carbons (Fsp3) is 0.600. The number of likely N-dealkylation sites (N-methyl/N-ethyl adjacent to an activating group) is 1. The van der Waals surface area contributed by atoms with Crippen LogP contribution in [-0.4, -0.2) is 30.3 Å². The fourth-order valence-corrected chi connectivity index (χ4v) is 1.76. The van der Waals surface area contributed by atoms with Gasteiger partial charge in [0, 0.05) is 24.2 Å². The van der Waals surface area contributed by atoms with E-state index in [4.69, 9.17) is 5.73 Å². The van der Waals surface area contributed by atoms with E-state index in [1.54, 1.807) is 0 Å². The maximum atomic E-state index is 10.1. The van der Waals surface area contributed by atoms with Crippen molar-refractivity contribution in [2.45, 2.75) is 27.7 Å². The largest absolute Gasteiger partial charge is 0.508 e. The highest BCUT2D eigenvalue weighted by Gasteiger charge is 2.33. The first kappa shape index (κ1) is 15.0. The topological polar surface area (TPSA) is 49.5 Å². The monoisotopic (exact) mass is 250 g/mol. The first-order chi connectivity index (χ1) is 8.19. The van der Waals surface area contributed by atoms with Gasteiger partial charge in [0.05, 0.1) is 0 Å². The average molecular weight is 250 g/mol. The molecule has 0 spiro atoms. The second-order valence-corrected chi connectivity index (χ2v) is 6.31. The number of allylic oxidation sites excluding steroid dienone is 3. The van der Waals surface area contributed by atoms with Gasteiger partial charge >= 0.3 is 0 Å². The summed E-state index contributed by atoms with van der Waals surface area (Å²) in [5, 5.41) is 10.1. The zero-order valence-electron chi connectivity index (χ0n) is 12.2. The van der Waals surface area contributed by atoms with Crippen LogP contribution in [0.2, 0.25) is 0 Å². The number of nitrogens with two attached hydrogens (primary N) is 1. The molecule has 1 aliphatic carbocycles. The Morgan fingerprint density at radius 3 is 2.33 bits per heavy atom. The standard InChI is InChI=1S/C15H26N2O/c1-14(2,3)15(4)8-6-12(10-17(5)11-16)13(18)7-9-15/h6-9,18H,10-11,16H2,1-5H3. The van der Waals surface area contributed by atoms with Gasteiger partial charge < -0.3 is 10.8 Å². The maximum absolute atomic E-state index is 10.1. The van der Waals surface area contributed by atoms with E-state index in [1.807, 2.05) is 24.1 Å². The van der Waals surface area contributed by atoms with Crippen LogP contribution in [0.1, 0.15) is 27.7 Å². The normalized spacial score (nSPS) is 24.8. The first-order valence-electron chi connectivity index (χ1n) is 6.39. The minimum Gasteiger partial charge on any atom is -0.508 e. The van der Waals surface area contributed by atoms with Crippen molar-refractivity contribution >= 4 is 0 Å². The van der Waals surface area contributed by atoms with Crippen LogP contribution in [0, 0.1) is 10.8 Å². The second-order valence-electron chi connectivity index (χ2n) is 6.31. The van der Waals surface area contributed by atoms with Crippen molar-refractivity contribution in [2.75, 3.05) is 20.3 Å². The molecule has 0 radical (unpaired) electrons. The van der Waals surface area contributed by atoms with Crippen LogP contribution in [0.25, 0.3) is 0 Å². The van der Waals surface area contributed by atoms with E-state index in [-0.39, 0.29) is 10.8 Å². The molecule has 0 fully saturated rings. The summed E-state index contributed by atoms with van der Waals surface area (Å²) in [6, 6.07) is 0. The summed E-state index contributed by atoms with van der Waals surface area (Å²) in [4.78, 5) is 1.96. The molecule has 18 heavy (non-hydrogen) atoms. The zero-order chi connectivity index (χ0) is 14.0. The van der Waals surface area contributed by atoms with Gasteiger partial charge in [0.25, 0.3) is 0 Å². The van der Waals surface area contributed by atoms with Crippen LogP contribution in [0.3, 0.4) is 0 Å². The molecular weight excluding hydrogens is 224 g/mol. The van der Waals surface area contributed by atoms with E-state index < -0.39 is 0 Å². The summed E-state index contributed by atoms with van der Waals surface area (Å²) in [6.07, 6.45) is 8.08. The van der Waals surface area contributed by atoms with Crippen molar-refractivity contribution in [3.8, 4) is 0 Å². The molecule has 0 amide bonds. The van der Waals surface area contributed by atoms with E-state index in [0.717, 1.165) is 5.57 Å². The molecule has 102 valence electrons.